The minimum Gasteiger partial charge on any atom is -0.497 e. The molecule has 2 aromatic heterocycles. The zero-order chi connectivity index (χ0) is 19.7. The third-order valence-corrected chi connectivity index (χ3v) is 4.42. The number of benzene rings is 1. The number of fused-ring (bicyclic) bond motifs is 1. The molecule has 0 radical (unpaired) electrons. The lowest BCUT2D eigenvalue weighted by atomic mass is 10.1. The lowest BCUT2D eigenvalue weighted by Crippen LogP contribution is -2.33. The summed E-state index contributed by atoms with van der Waals surface area (Å²) in [5.74, 6) is 0.00496. The topological polar surface area (TPSA) is 89.3 Å². The van der Waals surface area contributed by atoms with Gasteiger partial charge in [-0.25, -0.2) is 14.2 Å². The number of carboxylic acid groups (broad SMARTS) is 1. The number of hydrogen-bond donors (Lipinski definition) is 2. The van der Waals surface area contributed by atoms with E-state index in [1.54, 1.807) is 35.8 Å². The predicted molar refractivity (Wildman–Crippen MR) is 99.7 cm³/mol. The zero-order valence-electron chi connectivity index (χ0n) is 14.3. The predicted octanol–water partition coefficient (Wildman–Crippen LogP) is 4.07. The van der Waals surface area contributed by atoms with Crippen molar-refractivity contribution < 1.29 is 19.0 Å². The Balaban J connectivity index is 2.23. The number of rotatable bonds is 5. The summed E-state index contributed by atoms with van der Waals surface area (Å²) >= 11 is 12.0. The highest BCUT2D eigenvalue weighted by Crippen LogP contribution is 2.33. The third-order valence-electron chi connectivity index (χ3n) is 3.97. The van der Waals surface area contributed by atoms with Gasteiger partial charge in [0.25, 0.3) is 0 Å². The normalized spacial score (nSPS) is 12.2. The maximum atomic E-state index is 15.2. The van der Waals surface area contributed by atoms with Crippen LogP contribution in [-0.4, -0.2) is 38.9 Å². The van der Waals surface area contributed by atoms with Gasteiger partial charge >= 0.3 is 6.09 Å². The number of hydrogen-bond acceptors (Lipinski definition) is 4. The van der Waals surface area contributed by atoms with Crippen LogP contribution in [0.2, 0.25) is 10.4 Å². The number of nitrogens with one attached hydrogen (secondary N) is 1. The second kappa shape index (κ2) is 7.58. The summed E-state index contributed by atoms with van der Waals surface area (Å²) in [5, 5.41) is 11.0. The fourth-order valence-electron chi connectivity index (χ4n) is 2.86. The van der Waals surface area contributed by atoms with Gasteiger partial charge in [-0.1, -0.05) is 11.6 Å². The minimum atomic E-state index is -1.20. The summed E-state index contributed by atoms with van der Waals surface area (Å²) in [6.45, 7) is 1.63. The Kier molecular flexibility index (Phi) is 5.38. The van der Waals surface area contributed by atoms with Crippen LogP contribution in [-0.2, 0) is 6.42 Å². The molecule has 0 saturated heterocycles. The number of methoxy groups -OCH3 is 1. The third kappa shape index (κ3) is 3.77. The monoisotopic (exact) mass is 412 g/mol. The van der Waals surface area contributed by atoms with Gasteiger partial charge in [-0.05, 0) is 42.8 Å². The second-order valence-corrected chi connectivity index (χ2v) is 6.53. The molecule has 0 aliphatic carbocycles. The van der Waals surface area contributed by atoms with Crippen molar-refractivity contribution in [2.45, 2.75) is 19.4 Å². The molecule has 0 aliphatic rings. The maximum Gasteiger partial charge on any atom is 0.404 e. The molecule has 3 aromatic rings. The number of carbonyl (C=O) groups is 1. The van der Waals surface area contributed by atoms with E-state index in [1.807, 2.05) is 0 Å². The van der Waals surface area contributed by atoms with E-state index in [1.165, 1.54) is 7.11 Å². The highest BCUT2D eigenvalue weighted by Gasteiger charge is 2.25. The Hall–Kier alpha value is -2.58. The van der Waals surface area contributed by atoms with Crippen LogP contribution in [0, 0.1) is 5.82 Å². The highest BCUT2D eigenvalue weighted by molar-refractivity contribution is 6.35. The van der Waals surface area contributed by atoms with Crippen LogP contribution >= 0.6 is 23.2 Å². The Bertz CT molecular complexity index is 1010. The molecular formula is C17H15Cl2FN4O3. The molecule has 142 valence electrons. The van der Waals surface area contributed by atoms with Crippen LogP contribution in [0.5, 0.6) is 5.75 Å². The first kappa shape index (κ1) is 19.2. The fraction of sp³-hybridized carbons (Fsp3) is 0.235. The van der Waals surface area contributed by atoms with Gasteiger partial charge in [0.05, 0.1) is 18.2 Å². The molecule has 1 amide bonds. The van der Waals surface area contributed by atoms with Crippen molar-refractivity contribution in [3.05, 3.63) is 46.2 Å². The SMILES string of the molecule is COc1ccc(-n2c(CC(C)NC(=O)O)c(F)c3c(Cl)nc(Cl)nc32)cc1. The van der Waals surface area contributed by atoms with Gasteiger partial charge in [0.1, 0.15) is 10.9 Å². The molecule has 0 aliphatic heterocycles. The summed E-state index contributed by atoms with van der Waals surface area (Å²) in [4.78, 5) is 18.8. The molecule has 2 heterocycles. The quantitative estimate of drug-likeness (QED) is 0.486. The summed E-state index contributed by atoms with van der Waals surface area (Å²) in [6, 6.07) is 6.32. The van der Waals surface area contributed by atoms with Crippen LogP contribution in [0.3, 0.4) is 0 Å². The lowest BCUT2D eigenvalue weighted by molar-refractivity contribution is 0.190. The summed E-state index contributed by atoms with van der Waals surface area (Å²) in [7, 11) is 1.54. The number of aromatic nitrogens is 3. The molecule has 0 spiro atoms. The first-order valence-electron chi connectivity index (χ1n) is 7.87. The molecule has 2 N–H and O–H groups in total. The van der Waals surface area contributed by atoms with Crippen molar-refractivity contribution in [2.24, 2.45) is 0 Å². The van der Waals surface area contributed by atoms with E-state index < -0.39 is 18.0 Å². The standard InChI is InChI=1S/C17H15Cl2FN4O3/c1-8(21-17(25)26)7-11-13(20)12-14(18)22-16(19)23-15(12)24(11)9-3-5-10(27-2)6-4-9/h3-6,8,21H,7H2,1-2H3,(H,25,26). The second-order valence-electron chi connectivity index (χ2n) is 5.83. The largest absolute Gasteiger partial charge is 0.497 e. The van der Waals surface area contributed by atoms with Crippen molar-refractivity contribution in [2.75, 3.05) is 7.11 Å². The Morgan fingerprint density at radius 1 is 1.33 bits per heavy atom. The molecule has 1 unspecified atom stereocenters. The average molecular weight is 413 g/mol. The Morgan fingerprint density at radius 3 is 2.59 bits per heavy atom. The minimum absolute atomic E-state index is 0.0226. The lowest BCUT2D eigenvalue weighted by Gasteiger charge is -2.15. The van der Waals surface area contributed by atoms with Gasteiger partial charge in [0, 0.05) is 18.2 Å². The van der Waals surface area contributed by atoms with E-state index in [0.29, 0.717) is 11.4 Å². The first-order valence-corrected chi connectivity index (χ1v) is 8.63. The molecular weight excluding hydrogens is 398 g/mol. The Labute approximate surface area is 163 Å². The fourth-order valence-corrected chi connectivity index (χ4v) is 3.32. The summed E-state index contributed by atoms with van der Waals surface area (Å²) < 4.78 is 21.9. The van der Waals surface area contributed by atoms with Crippen LogP contribution in [0.1, 0.15) is 12.6 Å². The van der Waals surface area contributed by atoms with E-state index in [2.05, 4.69) is 15.3 Å². The van der Waals surface area contributed by atoms with Gasteiger partial charge < -0.3 is 15.2 Å². The van der Waals surface area contributed by atoms with Gasteiger partial charge in [0.2, 0.25) is 5.28 Å². The number of amides is 1. The maximum absolute atomic E-state index is 15.2. The van der Waals surface area contributed by atoms with E-state index in [-0.39, 0.29) is 33.6 Å². The van der Waals surface area contributed by atoms with E-state index in [0.717, 1.165) is 0 Å². The summed E-state index contributed by atoms with van der Waals surface area (Å²) in [6.07, 6.45) is -1.13. The van der Waals surface area contributed by atoms with Crippen molar-refractivity contribution in [1.29, 1.82) is 0 Å². The molecule has 0 fully saturated rings. The van der Waals surface area contributed by atoms with Gasteiger partial charge in [-0.15, -0.1) is 0 Å². The van der Waals surface area contributed by atoms with Crippen molar-refractivity contribution >= 4 is 40.3 Å². The van der Waals surface area contributed by atoms with Crippen molar-refractivity contribution in [3.8, 4) is 11.4 Å². The number of halogens is 3. The molecule has 7 nitrogen and oxygen atoms in total. The smallest absolute Gasteiger partial charge is 0.404 e. The van der Waals surface area contributed by atoms with Gasteiger partial charge in [0.15, 0.2) is 11.5 Å². The Morgan fingerprint density at radius 2 is 2.00 bits per heavy atom. The molecule has 1 aromatic carbocycles. The first-order chi connectivity index (χ1) is 12.8. The van der Waals surface area contributed by atoms with E-state index in [4.69, 9.17) is 33.0 Å². The van der Waals surface area contributed by atoms with Gasteiger partial charge in [-0.3, -0.25) is 4.57 Å². The molecule has 10 heteroatoms. The van der Waals surface area contributed by atoms with Crippen LogP contribution in [0.25, 0.3) is 16.7 Å². The molecule has 0 saturated carbocycles. The van der Waals surface area contributed by atoms with E-state index in [9.17, 15) is 4.79 Å². The number of ether oxygens (including phenoxy) is 1. The van der Waals surface area contributed by atoms with Crippen molar-refractivity contribution in [1.82, 2.24) is 19.9 Å². The molecule has 27 heavy (non-hydrogen) atoms. The van der Waals surface area contributed by atoms with Crippen molar-refractivity contribution in [3.63, 3.8) is 0 Å². The summed E-state index contributed by atoms with van der Waals surface area (Å²) in [5.41, 5.74) is 0.989. The highest BCUT2D eigenvalue weighted by atomic mass is 35.5. The molecule has 0 bridgehead atoms. The van der Waals surface area contributed by atoms with Crippen LogP contribution < -0.4 is 10.1 Å². The average Bonchev–Trinajstić information content (AvgIpc) is 2.86. The van der Waals surface area contributed by atoms with Gasteiger partial charge in [-0.2, -0.15) is 4.98 Å². The number of nitrogens with zero attached hydrogens (tertiary/aromatic N) is 3. The zero-order valence-corrected chi connectivity index (χ0v) is 15.8. The van der Waals surface area contributed by atoms with Crippen LogP contribution in [0.15, 0.2) is 24.3 Å². The molecule has 3 rings (SSSR count). The van der Waals surface area contributed by atoms with E-state index >= 15 is 4.39 Å². The molecule has 1 atom stereocenters. The van der Waals surface area contributed by atoms with Crippen LogP contribution in [0.4, 0.5) is 9.18 Å².